The predicted octanol–water partition coefficient (Wildman–Crippen LogP) is 3.52. The molecule has 2 rings (SSSR count). The van der Waals surface area contributed by atoms with Gasteiger partial charge in [0.05, 0.1) is 0 Å². The molecule has 2 nitrogen and oxygen atoms in total. The van der Waals surface area contributed by atoms with Crippen LogP contribution >= 0.6 is 0 Å². The second kappa shape index (κ2) is 6.98. The Morgan fingerprint density at radius 3 is 2.75 bits per heavy atom. The van der Waals surface area contributed by atoms with Gasteiger partial charge in [0.25, 0.3) is 0 Å². The third-order valence-electron chi connectivity index (χ3n) is 3.46. The van der Waals surface area contributed by atoms with Crippen molar-refractivity contribution in [2.45, 2.75) is 32.7 Å². The van der Waals surface area contributed by atoms with Crippen LogP contribution in [0.1, 0.15) is 25.8 Å². The lowest BCUT2D eigenvalue weighted by atomic mass is 9.97. The minimum Gasteiger partial charge on any atom is -0.481 e. The quantitative estimate of drug-likeness (QED) is 0.841. The molecular weight excluding hydrogens is 246 g/mol. The van der Waals surface area contributed by atoms with Crippen LogP contribution in [0.25, 0.3) is 10.8 Å². The number of benzene rings is 2. The van der Waals surface area contributed by atoms with Crippen molar-refractivity contribution in [1.29, 1.82) is 0 Å². The predicted molar refractivity (Wildman–Crippen MR) is 84.9 cm³/mol. The number of nitrogens with two attached hydrogens (primary N) is 1. The van der Waals surface area contributed by atoms with E-state index in [0.717, 1.165) is 18.6 Å². The lowest BCUT2D eigenvalue weighted by Crippen LogP contribution is -2.22. The Hall–Kier alpha value is -1.98. The molecule has 20 heavy (non-hydrogen) atoms. The van der Waals surface area contributed by atoms with E-state index < -0.39 is 0 Å². The highest BCUT2D eigenvalue weighted by molar-refractivity contribution is 5.87. The van der Waals surface area contributed by atoms with Gasteiger partial charge in [0.2, 0.25) is 0 Å². The van der Waals surface area contributed by atoms with Crippen molar-refractivity contribution in [3.63, 3.8) is 0 Å². The van der Waals surface area contributed by atoms with E-state index in [1.165, 1.54) is 16.3 Å². The molecule has 0 fully saturated rings. The van der Waals surface area contributed by atoms with Gasteiger partial charge in [-0.25, -0.2) is 0 Å². The van der Waals surface area contributed by atoms with Crippen molar-refractivity contribution < 1.29 is 4.74 Å². The van der Waals surface area contributed by atoms with Crippen LogP contribution in [-0.2, 0) is 6.42 Å². The fourth-order valence-electron chi connectivity index (χ4n) is 2.25. The molecule has 0 heterocycles. The Bertz CT molecular complexity index is 637. The molecule has 0 aliphatic carbocycles. The molecule has 0 saturated heterocycles. The van der Waals surface area contributed by atoms with Crippen LogP contribution in [0.5, 0.6) is 5.75 Å². The van der Waals surface area contributed by atoms with Gasteiger partial charge in [-0.05, 0) is 36.6 Å². The summed E-state index contributed by atoms with van der Waals surface area (Å²) >= 11 is 0. The van der Waals surface area contributed by atoms with Crippen LogP contribution < -0.4 is 10.5 Å². The fraction of sp³-hybridized carbons (Fsp3) is 0.333. The second-order valence-electron chi connectivity index (χ2n) is 4.85. The summed E-state index contributed by atoms with van der Waals surface area (Å²) in [5.41, 5.74) is 7.33. The van der Waals surface area contributed by atoms with Gasteiger partial charge in [-0.3, -0.25) is 0 Å². The van der Waals surface area contributed by atoms with Gasteiger partial charge < -0.3 is 10.5 Å². The number of hydrogen-bond donors (Lipinski definition) is 1. The fourth-order valence-corrected chi connectivity index (χ4v) is 2.25. The largest absolute Gasteiger partial charge is 0.481 e. The van der Waals surface area contributed by atoms with Crippen LogP contribution in [0.2, 0.25) is 0 Å². The van der Waals surface area contributed by atoms with Crippen molar-refractivity contribution in [2.24, 2.45) is 5.73 Å². The zero-order valence-electron chi connectivity index (χ0n) is 12.1. The average molecular weight is 267 g/mol. The van der Waals surface area contributed by atoms with E-state index in [0.29, 0.717) is 6.61 Å². The van der Waals surface area contributed by atoms with E-state index in [2.05, 4.69) is 49.1 Å². The molecule has 0 saturated carbocycles. The molecule has 0 aromatic heterocycles. The molecule has 1 atom stereocenters. The van der Waals surface area contributed by atoms with Crippen LogP contribution in [0, 0.1) is 11.8 Å². The zero-order chi connectivity index (χ0) is 14.4. The van der Waals surface area contributed by atoms with Crippen molar-refractivity contribution >= 4 is 10.8 Å². The first-order valence-electron chi connectivity index (χ1n) is 7.04. The molecule has 0 spiro atoms. The van der Waals surface area contributed by atoms with E-state index in [1.54, 1.807) is 0 Å². The molecule has 0 radical (unpaired) electrons. The highest BCUT2D eigenvalue weighted by Crippen LogP contribution is 2.29. The van der Waals surface area contributed by atoms with Gasteiger partial charge in [0.1, 0.15) is 12.4 Å². The summed E-state index contributed by atoms with van der Waals surface area (Å²) in [5.74, 6) is 6.68. The Balaban J connectivity index is 2.43. The highest BCUT2D eigenvalue weighted by atomic mass is 16.5. The van der Waals surface area contributed by atoms with Crippen molar-refractivity contribution in [1.82, 2.24) is 0 Å². The summed E-state index contributed by atoms with van der Waals surface area (Å²) in [6, 6.07) is 12.6. The lowest BCUT2D eigenvalue weighted by molar-refractivity contribution is 0.365. The van der Waals surface area contributed by atoms with E-state index in [1.807, 2.05) is 13.0 Å². The Labute approximate surface area is 120 Å². The van der Waals surface area contributed by atoms with Crippen LogP contribution in [0.15, 0.2) is 36.4 Å². The number of ether oxygens (including phenoxy) is 1. The van der Waals surface area contributed by atoms with Gasteiger partial charge in [-0.1, -0.05) is 43.2 Å². The highest BCUT2D eigenvalue weighted by Gasteiger charge is 2.11. The third-order valence-corrected chi connectivity index (χ3v) is 3.46. The minimum absolute atomic E-state index is 0.153. The maximum Gasteiger partial charge on any atom is 0.149 e. The SMILES string of the molecule is CC#CCOc1ccc2ccccc2c1CC(N)CC. The summed E-state index contributed by atoms with van der Waals surface area (Å²) in [7, 11) is 0. The molecule has 0 amide bonds. The van der Waals surface area contributed by atoms with Crippen molar-refractivity contribution in [3.05, 3.63) is 42.0 Å². The van der Waals surface area contributed by atoms with Crippen LogP contribution in [0.4, 0.5) is 0 Å². The van der Waals surface area contributed by atoms with Gasteiger partial charge >= 0.3 is 0 Å². The van der Waals surface area contributed by atoms with Gasteiger partial charge in [0, 0.05) is 11.6 Å². The second-order valence-corrected chi connectivity index (χ2v) is 4.85. The average Bonchev–Trinajstić information content (AvgIpc) is 2.49. The molecule has 0 aliphatic rings. The molecule has 2 aromatic rings. The molecule has 2 N–H and O–H groups in total. The summed E-state index contributed by atoms with van der Waals surface area (Å²) in [6.07, 6.45) is 1.78. The summed E-state index contributed by atoms with van der Waals surface area (Å²) in [5, 5.41) is 2.44. The lowest BCUT2D eigenvalue weighted by Gasteiger charge is -2.16. The monoisotopic (exact) mass is 267 g/mol. The molecule has 2 heteroatoms. The first kappa shape index (κ1) is 14.4. The smallest absolute Gasteiger partial charge is 0.149 e. The molecule has 0 aliphatic heterocycles. The maximum absolute atomic E-state index is 6.14. The Kier molecular flexibility index (Phi) is 5.03. The third kappa shape index (κ3) is 3.31. The van der Waals surface area contributed by atoms with E-state index >= 15 is 0 Å². The molecule has 2 aromatic carbocycles. The first-order valence-corrected chi connectivity index (χ1v) is 7.04. The summed E-state index contributed by atoms with van der Waals surface area (Å²) in [4.78, 5) is 0. The summed E-state index contributed by atoms with van der Waals surface area (Å²) in [6.45, 7) is 4.35. The molecular formula is C18H21NO. The van der Waals surface area contributed by atoms with Crippen molar-refractivity contribution in [2.75, 3.05) is 6.61 Å². The molecule has 0 bridgehead atoms. The Morgan fingerprint density at radius 1 is 1.20 bits per heavy atom. The minimum atomic E-state index is 0.153. The van der Waals surface area contributed by atoms with E-state index in [9.17, 15) is 0 Å². The standard InChI is InChI=1S/C18H21NO/c1-3-5-12-20-18-11-10-14-8-6-7-9-16(14)17(18)13-15(19)4-2/h6-11,15H,4,12-13,19H2,1-2H3. The number of rotatable bonds is 5. The number of hydrogen-bond acceptors (Lipinski definition) is 2. The topological polar surface area (TPSA) is 35.2 Å². The van der Waals surface area contributed by atoms with E-state index in [4.69, 9.17) is 10.5 Å². The van der Waals surface area contributed by atoms with Crippen LogP contribution in [-0.4, -0.2) is 12.6 Å². The molecule has 104 valence electrons. The van der Waals surface area contributed by atoms with Crippen LogP contribution in [0.3, 0.4) is 0 Å². The maximum atomic E-state index is 6.14. The summed E-state index contributed by atoms with van der Waals surface area (Å²) < 4.78 is 5.80. The first-order chi connectivity index (χ1) is 9.76. The van der Waals surface area contributed by atoms with Gasteiger partial charge in [-0.2, -0.15) is 0 Å². The van der Waals surface area contributed by atoms with Crippen molar-refractivity contribution in [3.8, 4) is 17.6 Å². The molecule has 1 unspecified atom stereocenters. The van der Waals surface area contributed by atoms with Gasteiger partial charge in [-0.15, -0.1) is 5.92 Å². The normalized spacial score (nSPS) is 11.8. The van der Waals surface area contributed by atoms with E-state index in [-0.39, 0.29) is 6.04 Å². The Morgan fingerprint density at radius 2 is 2.00 bits per heavy atom. The van der Waals surface area contributed by atoms with Gasteiger partial charge in [0.15, 0.2) is 0 Å². The zero-order valence-corrected chi connectivity index (χ0v) is 12.1. The number of fused-ring (bicyclic) bond motifs is 1.